The molecule has 0 atom stereocenters. The van der Waals surface area contributed by atoms with Crippen LogP contribution in [0.15, 0.2) is 72.8 Å². The van der Waals surface area contributed by atoms with E-state index in [1.165, 1.54) is 134 Å². The molecule has 2 aliphatic heterocycles. The van der Waals surface area contributed by atoms with Crippen LogP contribution < -0.4 is 26.2 Å². The van der Waals surface area contributed by atoms with Crippen LogP contribution in [0.1, 0.15) is 213 Å². The summed E-state index contributed by atoms with van der Waals surface area (Å²) in [5.41, 5.74) is 26.0. The molecule has 0 spiro atoms. The van der Waals surface area contributed by atoms with Crippen molar-refractivity contribution in [3.05, 3.63) is 123 Å². The predicted molar refractivity (Wildman–Crippen MR) is 288 cm³/mol. The summed E-state index contributed by atoms with van der Waals surface area (Å²) >= 11 is 0. The molecule has 0 saturated carbocycles. The Labute approximate surface area is 401 Å². The highest BCUT2D eigenvalue weighted by Gasteiger charge is 2.49. The van der Waals surface area contributed by atoms with E-state index in [-0.39, 0.29) is 50.0 Å². The van der Waals surface area contributed by atoms with Gasteiger partial charge in [-0.1, -0.05) is 149 Å². The van der Waals surface area contributed by atoms with Gasteiger partial charge in [0.15, 0.2) is 0 Å². The van der Waals surface area contributed by atoms with Crippen molar-refractivity contribution in [1.82, 2.24) is 0 Å². The van der Waals surface area contributed by atoms with Crippen molar-refractivity contribution in [3.63, 3.8) is 0 Å². The van der Waals surface area contributed by atoms with Crippen LogP contribution in [0.2, 0.25) is 0 Å². The molecule has 0 aromatic heterocycles. The van der Waals surface area contributed by atoms with Gasteiger partial charge < -0.3 is 9.80 Å². The largest absolute Gasteiger partial charge is 0.311 e. The highest BCUT2D eigenvalue weighted by Crippen LogP contribution is 2.54. The van der Waals surface area contributed by atoms with Crippen LogP contribution in [0, 0.1) is 6.92 Å². The first-order valence-corrected chi connectivity index (χ1v) is 25.8. The number of rotatable bonds is 2. The van der Waals surface area contributed by atoms with Crippen LogP contribution in [0.3, 0.4) is 0 Å². The molecule has 346 valence electrons. The molecule has 0 bridgehead atoms. The van der Waals surface area contributed by atoms with Gasteiger partial charge in [0.05, 0.1) is 0 Å². The molecule has 5 aromatic rings. The molecule has 10 rings (SSSR count). The van der Waals surface area contributed by atoms with E-state index in [2.05, 4.69) is 214 Å². The van der Waals surface area contributed by atoms with Crippen LogP contribution in [-0.4, -0.2) is 6.71 Å². The highest BCUT2D eigenvalue weighted by molar-refractivity contribution is 7.00. The maximum Gasteiger partial charge on any atom is 0.252 e. The van der Waals surface area contributed by atoms with Crippen molar-refractivity contribution in [2.45, 2.75) is 213 Å². The fourth-order valence-corrected chi connectivity index (χ4v) is 13.1. The highest BCUT2D eigenvalue weighted by atomic mass is 15.2. The zero-order valence-corrected chi connectivity index (χ0v) is 44.6. The molecular formula is C63H81BN2. The zero-order valence-electron chi connectivity index (χ0n) is 44.6. The van der Waals surface area contributed by atoms with Gasteiger partial charge in [-0.2, -0.15) is 0 Å². The monoisotopic (exact) mass is 877 g/mol. The summed E-state index contributed by atoms with van der Waals surface area (Å²) in [5.74, 6) is 0. The fourth-order valence-electron chi connectivity index (χ4n) is 13.1. The molecule has 0 N–H and O–H groups in total. The van der Waals surface area contributed by atoms with E-state index in [1.54, 1.807) is 5.56 Å². The number of anilines is 6. The molecule has 0 unspecified atom stereocenters. The number of fused-ring (bicyclic) bond motifs is 7. The standard InChI is InChI=1S/C63H81BN2/c1-38-28-53-55-54(29-38)66(42-31-39(56(2,3)4)30-40(32-42)57(5,6)7)52-37-48-46(61(14,15)25-27-63(48,18)19)35-50(52)64(55)49-34-45-47(62(16,17)26-24-60(45,12)13)36-51(49)65(53)41-20-21-43-44(33-41)59(10,11)23-22-58(43,8)9/h20-21,28-37H,22-27H2,1-19H3. The first-order chi connectivity index (χ1) is 30.3. The minimum absolute atomic E-state index is 0.0186. The summed E-state index contributed by atoms with van der Waals surface area (Å²) in [6, 6.07) is 31.1. The molecule has 3 heteroatoms. The number of hydrogen-bond donors (Lipinski definition) is 0. The molecular weight excluding hydrogens is 796 g/mol. The third-order valence-corrected chi connectivity index (χ3v) is 18.2. The zero-order chi connectivity index (χ0) is 47.9. The SMILES string of the molecule is Cc1cc2c3c(c1)N(c1ccc4c(c1)C(C)(C)CCC4(C)C)c1cc4c(cc1B3c1cc3c(cc1N2c1cc(C(C)(C)C)cc(C(C)(C)C)c1)C(C)(C)CCC3(C)C)C(C)(C)CCC4(C)C. The van der Waals surface area contributed by atoms with Crippen molar-refractivity contribution in [3.8, 4) is 0 Å². The van der Waals surface area contributed by atoms with E-state index in [0.29, 0.717) is 0 Å². The molecule has 2 heterocycles. The Morgan fingerprint density at radius 1 is 0.379 bits per heavy atom. The molecule has 0 amide bonds. The van der Waals surface area contributed by atoms with Crippen LogP contribution >= 0.6 is 0 Å². The Bertz CT molecular complexity index is 2830. The minimum Gasteiger partial charge on any atom is -0.311 e. The van der Waals surface area contributed by atoms with Crippen LogP contribution in [0.25, 0.3) is 0 Å². The van der Waals surface area contributed by atoms with Crippen molar-refractivity contribution >= 4 is 57.2 Å². The van der Waals surface area contributed by atoms with E-state index < -0.39 is 0 Å². The smallest absolute Gasteiger partial charge is 0.252 e. The molecule has 5 aliphatic rings. The van der Waals surface area contributed by atoms with Gasteiger partial charge in [-0.05, 0) is 204 Å². The molecule has 3 aliphatic carbocycles. The lowest BCUT2D eigenvalue weighted by atomic mass is 9.32. The molecule has 0 saturated heterocycles. The number of nitrogens with zero attached hydrogens (tertiary/aromatic N) is 2. The van der Waals surface area contributed by atoms with Gasteiger partial charge in [-0.25, -0.2) is 0 Å². The number of aryl methyl sites for hydroxylation is 1. The van der Waals surface area contributed by atoms with E-state index in [0.717, 1.165) is 0 Å². The van der Waals surface area contributed by atoms with E-state index in [1.807, 2.05) is 0 Å². The summed E-state index contributed by atoms with van der Waals surface area (Å²) in [6.45, 7) is 46.6. The third kappa shape index (κ3) is 6.84. The van der Waals surface area contributed by atoms with E-state index in [9.17, 15) is 0 Å². The van der Waals surface area contributed by atoms with Gasteiger partial charge in [0, 0.05) is 34.1 Å². The Hall–Kier alpha value is -4.24. The fraction of sp³-hybridized carbons (Fsp3) is 0.524. The Morgan fingerprint density at radius 2 is 0.727 bits per heavy atom. The molecule has 66 heavy (non-hydrogen) atoms. The second kappa shape index (κ2) is 13.9. The third-order valence-electron chi connectivity index (χ3n) is 18.2. The van der Waals surface area contributed by atoms with Crippen molar-refractivity contribution in [1.29, 1.82) is 0 Å². The number of hydrogen-bond acceptors (Lipinski definition) is 2. The van der Waals surface area contributed by atoms with Crippen LogP contribution in [0.5, 0.6) is 0 Å². The summed E-state index contributed by atoms with van der Waals surface area (Å²) in [7, 11) is 0. The van der Waals surface area contributed by atoms with Crippen LogP contribution in [-0.2, 0) is 43.3 Å². The maximum atomic E-state index is 2.73. The Balaban J connectivity index is 1.37. The first kappa shape index (κ1) is 45.5. The second-order valence-corrected chi connectivity index (χ2v) is 28.0. The van der Waals surface area contributed by atoms with Gasteiger partial charge >= 0.3 is 0 Å². The summed E-state index contributed by atoms with van der Waals surface area (Å²) < 4.78 is 0. The van der Waals surface area contributed by atoms with Crippen molar-refractivity contribution in [2.75, 3.05) is 9.80 Å². The normalized spacial score (nSPS) is 21.2. The molecule has 0 radical (unpaired) electrons. The summed E-state index contributed by atoms with van der Waals surface area (Å²) in [4.78, 5) is 5.46. The van der Waals surface area contributed by atoms with Crippen LogP contribution in [0.4, 0.5) is 34.1 Å². The van der Waals surface area contributed by atoms with E-state index in [4.69, 9.17) is 0 Å². The molecule has 5 aromatic carbocycles. The average molecular weight is 877 g/mol. The van der Waals surface area contributed by atoms with E-state index >= 15 is 0 Å². The molecule has 2 nitrogen and oxygen atoms in total. The second-order valence-electron chi connectivity index (χ2n) is 28.0. The topological polar surface area (TPSA) is 6.48 Å². The summed E-state index contributed by atoms with van der Waals surface area (Å²) in [5, 5.41) is 0. The van der Waals surface area contributed by atoms with Crippen molar-refractivity contribution in [2.24, 2.45) is 0 Å². The summed E-state index contributed by atoms with van der Waals surface area (Å²) in [6.07, 6.45) is 7.17. The van der Waals surface area contributed by atoms with Gasteiger partial charge in [-0.3, -0.25) is 0 Å². The Morgan fingerprint density at radius 3 is 1.12 bits per heavy atom. The van der Waals surface area contributed by atoms with Crippen molar-refractivity contribution < 1.29 is 0 Å². The van der Waals surface area contributed by atoms with Gasteiger partial charge in [0.1, 0.15) is 0 Å². The van der Waals surface area contributed by atoms with Gasteiger partial charge in [0.25, 0.3) is 6.71 Å². The maximum absolute atomic E-state index is 2.73. The van der Waals surface area contributed by atoms with Gasteiger partial charge in [-0.15, -0.1) is 0 Å². The molecule has 0 fully saturated rings. The lowest BCUT2D eigenvalue weighted by molar-refractivity contribution is 0.332. The first-order valence-electron chi connectivity index (χ1n) is 25.8. The minimum atomic E-state index is -0.0186. The number of benzene rings is 5. The van der Waals surface area contributed by atoms with Gasteiger partial charge in [0.2, 0.25) is 0 Å². The lowest BCUT2D eigenvalue weighted by Crippen LogP contribution is -2.62. The quantitative estimate of drug-likeness (QED) is 0.160. The lowest BCUT2D eigenvalue weighted by Gasteiger charge is -2.49. The Kier molecular flexibility index (Phi) is 9.62. The average Bonchev–Trinajstić information content (AvgIpc) is 3.21. The predicted octanol–water partition coefficient (Wildman–Crippen LogP) is 15.7.